The molecular weight excluding hydrogens is 321 g/mol. The number of hydrogen-bond acceptors (Lipinski definition) is 6. The van der Waals surface area contributed by atoms with Crippen LogP contribution in [-0.2, 0) is 29.7 Å². The number of nitrogens with zero attached hydrogens (tertiary/aromatic N) is 1. The number of quaternary nitrogens is 1. The van der Waals surface area contributed by atoms with Crippen LogP contribution in [0.2, 0.25) is 0 Å². The van der Waals surface area contributed by atoms with Gasteiger partial charge in [-0.05, 0) is 0 Å². The Morgan fingerprint density at radius 1 is 1.13 bits per heavy atom. The minimum Gasteiger partial charge on any atom is -0.756 e. The van der Waals surface area contributed by atoms with Crippen molar-refractivity contribution in [3.63, 3.8) is 0 Å². The molecule has 0 N–H and O–H groups in total. The number of carbonyl (C=O) groups is 1. The van der Waals surface area contributed by atoms with E-state index in [0.717, 1.165) is 6.54 Å². The second-order valence-electron chi connectivity index (χ2n) is 5.76. The van der Waals surface area contributed by atoms with E-state index in [-0.39, 0.29) is 19.8 Å². The predicted octanol–water partition coefficient (Wildman–Crippen LogP) is 1.33. The first kappa shape index (κ1) is 19.8. The van der Waals surface area contributed by atoms with Crippen molar-refractivity contribution in [1.29, 1.82) is 0 Å². The minimum absolute atomic E-state index is 0.0220. The van der Waals surface area contributed by atoms with Crippen molar-refractivity contribution in [1.82, 2.24) is 0 Å². The highest BCUT2D eigenvalue weighted by Gasteiger charge is 2.18. The average Bonchev–Trinajstić information content (AvgIpc) is 2.43. The summed E-state index contributed by atoms with van der Waals surface area (Å²) >= 11 is 0. The van der Waals surface area contributed by atoms with Gasteiger partial charge < -0.3 is 23.2 Å². The topological polar surface area (TPSA) is 84.9 Å². The van der Waals surface area contributed by atoms with E-state index in [4.69, 9.17) is 4.52 Å². The molecule has 0 spiro atoms. The van der Waals surface area contributed by atoms with Crippen LogP contribution in [0.15, 0.2) is 30.3 Å². The molecular formula is C15H24NO6P. The lowest BCUT2D eigenvalue weighted by atomic mass is 10.2. The van der Waals surface area contributed by atoms with E-state index < -0.39 is 13.8 Å². The Bertz CT molecular complexity index is 534. The number of carbonyl (C=O) groups excluding carboxylic acids is 1. The second-order valence-corrected chi connectivity index (χ2v) is 7.17. The minimum atomic E-state index is -4.37. The first-order valence-electron chi connectivity index (χ1n) is 7.30. The molecule has 0 aliphatic heterocycles. The molecule has 23 heavy (non-hydrogen) atoms. The smallest absolute Gasteiger partial charge is 0.302 e. The van der Waals surface area contributed by atoms with Crippen molar-refractivity contribution < 1.29 is 32.5 Å². The first-order valence-corrected chi connectivity index (χ1v) is 8.76. The van der Waals surface area contributed by atoms with Crippen LogP contribution in [0, 0.1) is 0 Å². The number of rotatable bonds is 10. The van der Waals surface area contributed by atoms with Gasteiger partial charge in [0.05, 0.1) is 20.7 Å². The number of hydrogen-bond donors (Lipinski definition) is 0. The Morgan fingerprint density at radius 3 is 2.35 bits per heavy atom. The summed E-state index contributed by atoms with van der Waals surface area (Å²) in [5, 5.41) is 0. The highest BCUT2D eigenvalue weighted by atomic mass is 31.2. The van der Waals surface area contributed by atoms with Gasteiger partial charge in [-0.25, -0.2) is 0 Å². The van der Waals surface area contributed by atoms with Gasteiger partial charge in [0.25, 0.3) is 7.82 Å². The molecule has 0 aromatic heterocycles. The average molecular weight is 345 g/mol. The van der Waals surface area contributed by atoms with Gasteiger partial charge in [-0.2, -0.15) is 0 Å². The van der Waals surface area contributed by atoms with Crippen molar-refractivity contribution in [2.24, 2.45) is 0 Å². The SMILES string of the molecule is CC(=O)OCCOP(=O)([O-])OCC[N+](C)(C)Cc1ccccc1. The molecule has 130 valence electrons. The van der Waals surface area contributed by atoms with E-state index >= 15 is 0 Å². The van der Waals surface area contributed by atoms with Gasteiger partial charge in [-0.1, -0.05) is 30.3 Å². The highest BCUT2D eigenvalue weighted by Crippen LogP contribution is 2.37. The number of benzene rings is 1. The molecule has 0 radical (unpaired) electrons. The maximum absolute atomic E-state index is 11.6. The maximum Gasteiger partial charge on any atom is 0.302 e. The highest BCUT2D eigenvalue weighted by molar-refractivity contribution is 7.45. The van der Waals surface area contributed by atoms with Crippen LogP contribution in [0.5, 0.6) is 0 Å². The lowest BCUT2D eigenvalue weighted by molar-refractivity contribution is -0.903. The molecule has 7 nitrogen and oxygen atoms in total. The molecule has 1 aromatic carbocycles. The third kappa shape index (κ3) is 9.48. The van der Waals surface area contributed by atoms with Crippen LogP contribution < -0.4 is 4.89 Å². The molecule has 0 saturated carbocycles. The van der Waals surface area contributed by atoms with Crippen molar-refractivity contribution >= 4 is 13.8 Å². The van der Waals surface area contributed by atoms with E-state index in [9.17, 15) is 14.3 Å². The fourth-order valence-corrected chi connectivity index (χ4v) is 2.61. The summed E-state index contributed by atoms with van der Waals surface area (Å²) in [4.78, 5) is 22.1. The quantitative estimate of drug-likeness (QED) is 0.275. The lowest BCUT2D eigenvalue weighted by Gasteiger charge is -2.31. The Labute approximate surface area is 137 Å². The maximum atomic E-state index is 11.6. The molecule has 0 saturated heterocycles. The van der Waals surface area contributed by atoms with Gasteiger partial charge in [0.15, 0.2) is 0 Å². The Kier molecular flexibility index (Phi) is 7.88. The van der Waals surface area contributed by atoms with Crippen LogP contribution in [0.25, 0.3) is 0 Å². The third-order valence-corrected chi connectivity index (χ3v) is 4.04. The first-order chi connectivity index (χ1) is 10.7. The molecule has 0 aliphatic rings. The van der Waals surface area contributed by atoms with Gasteiger partial charge in [0.2, 0.25) is 0 Å². The summed E-state index contributed by atoms with van der Waals surface area (Å²) in [6.45, 7) is 2.16. The van der Waals surface area contributed by atoms with E-state index in [2.05, 4.69) is 9.26 Å². The van der Waals surface area contributed by atoms with Gasteiger partial charge in [-0.3, -0.25) is 9.36 Å². The van der Waals surface area contributed by atoms with Gasteiger partial charge in [-0.15, -0.1) is 0 Å². The molecule has 0 amide bonds. The van der Waals surface area contributed by atoms with Crippen molar-refractivity contribution in [2.45, 2.75) is 13.5 Å². The summed E-state index contributed by atoms with van der Waals surface area (Å²) in [5.74, 6) is -0.491. The van der Waals surface area contributed by atoms with Gasteiger partial charge >= 0.3 is 5.97 Å². The summed E-state index contributed by atoms with van der Waals surface area (Å²) in [6, 6.07) is 9.94. The van der Waals surface area contributed by atoms with Crippen LogP contribution in [0.4, 0.5) is 0 Å². The molecule has 0 aliphatic carbocycles. The monoisotopic (exact) mass is 345 g/mol. The third-order valence-electron chi connectivity index (χ3n) is 3.04. The lowest BCUT2D eigenvalue weighted by Crippen LogP contribution is -2.41. The zero-order chi connectivity index (χ0) is 17.3. The molecule has 1 aromatic rings. The summed E-state index contributed by atoms with van der Waals surface area (Å²) in [5.41, 5.74) is 1.17. The van der Waals surface area contributed by atoms with Gasteiger partial charge in [0, 0.05) is 12.5 Å². The van der Waals surface area contributed by atoms with Crippen molar-refractivity contribution in [3.8, 4) is 0 Å². The van der Waals surface area contributed by atoms with Crippen LogP contribution in [0.1, 0.15) is 12.5 Å². The summed E-state index contributed by atoms with van der Waals surface area (Å²) < 4.78 is 26.2. The Morgan fingerprint density at radius 2 is 1.74 bits per heavy atom. The fourth-order valence-electron chi connectivity index (χ4n) is 1.93. The van der Waals surface area contributed by atoms with Crippen molar-refractivity contribution in [3.05, 3.63) is 35.9 Å². The van der Waals surface area contributed by atoms with E-state index in [0.29, 0.717) is 11.0 Å². The standard InChI is InChI=1S/C15H24NO6P/c1-14(17)20-11-12-22-23(18,19)21-10-9-16(2,3)13-15-7-5-4-6-8-15/h4-8H,9-13H2,1-3H3. The largest absolute Gasteiger partial charge is 0.756 e. The number of likely N-dealkylation sites (N-methyl/N-ethyl adjacent to an activating group) is 1. The van der Waals surface area contributed by atoms with Crippen LogP contribution >= 0.6 is 7.82 Å². The summed E-state index contributed by atoms with van der Waals surface area (Å²) in [6.07, 6.45) is 0. The fraction of sp³-hybridized carbons (Fsp3) is 0.533. The Hall–Kier alpha value is -1.24. The molecule has 8 heteroatoms. The van der Waals surface area contributed by atoms with Crippen LogP contribution in [-0.4, -0.2) is 50.9 Å². The van der Waals surface area contributed by atoms with E-state index in [1.807, 2.05) is 44.4 Å². The molecule has 1 atom stereocenters. The summed E-state index contributed by atoms with van der Waals surface area (Å²) in [7, 11) is -0.385. The predicted molar refractivity (Wildman–Crippen MR) is 83.3 cm³/mol. The molecule has 0 bridgehead atoms. The van der Waals surface area contributed by atoms with Crippen LogP contribution in [0.3, 0.4) is 0 Å². The molecule has 0 fully saturated rings. The van der Waals surface area contributed by atoms with E-state index in [1.165, 1.54) is 12.5 Å². The molecule has 1 unspecified atom stereocenters. The zero-order valence-corrected chi connectivity index (χ0v) is 14.7. The molecule has 1 rings (SSSR count). The zero-order valence-electron chi connectivity index (χ0n) is 13.8. The Balaban J connectivity index is 2.30. The molecule has 0 heterocycles. The van der Waals surface area contributed by atoms with E-state index in [1.54, 1.807) is 0 Å². The van der Waals surface area contributed by atoms with Gasteiger partial charge in [0.1, 0.15) is 26.3 Å². The number of phosphoric acid groups is 1. The number of ether oxygens (including phenoxy) is 1. The second kappa shape index (κ2) is 9.15. The normalized spacial score (nSPS) is 14.3. The van der Waals surface area contributed by atoms with Crippen molar-refractivity contribution in [2.75, 3.05) is 40.5 Å². The number of esters is 1. The number of phosphoric ester groups is 1.